The third-order valence-electron chi connectivity index (χ3n) is 5.45. The lowest BCUT2D eigenvalue weighted by molar-refractivity contribution is -0.135. The summed E-state index contributed by atoms with van der Waals surface area (Å²) in [5.74, 6) is -0.0543. The van der Waals surface area contributed by atoms with Gasteiger partial charge in [-0.2, -0.15) is 0 Å². The maximum atomic E-state index is 12.9. The van der Waals surface area contributed by atoms with Crippen molar-refractivity contribution in [3.05, 3.63) is 29.8 Å². The maximum absolute atomic E-state index is 12.9. The van der Waals surface area contributed by atoms with Gasteiger partial charge in [0.15, 0.2) is 9.84 Å². The predicted molar refractivity (Wildman–Crippen MR) is 111 cm³/mol. The van der Waals surface area contributed by atoms with Crippen molar-refractivity contribution in [1.82, 2.24) is 14.7 Å². The summed E-state index contributed by atoms with van der Waals surface area (Å²) in [6.07, 6.45) is 2.65. The first kappa shape index (κ1) is 23.4. The minimum absolute atomic E-state index is 0. The fourth-order valence-corrected chi connectivity index (χ4v) is 4.54. The molecule has 1 aromatic rings. The van der Waals surface area contributed by atoms with Crippen molar-refractivity contribution in [3.63, 3.8) is 0 Å². The van der Waals surface area contributed by atoms with Crippen LogP contribution in [0.5, 0.6) is 0 Å². The van der Waals surface area contributed by atoms with Crippen molar-refractivity contribution in [2.75, 3.05) is 45.5 Å². The largest absolute Gasteiger partial charge is 0.465 e. The topological polar surface area (TPSA) is 98.2 Å². The Bertz CT molecular complexity index is 825. The van der Waals surface area contributed by atoms with Gasteiger partial charge < -0.3 is 19.8 Å². The summed E-state index contributed by atoms with van der Waals surface area (Å²) in [6.45, 7) is 3.67. The highest BCUT2D eigenvalue weighted by Crippen LogP contribution is 2.18. The quantitative estimate of drug-likeness (QED) is 0.734. The predicted octanol–water partition coefficient (Wildman–Crippen LogP) is 1.34. The Morgan fingerprint density at radius 2 is 1.69 bits per heavy atom. The number of halogens is 1. The van der Waals surface area contributed by atoms with Crippen LogP contribution in [0.15, 0.2) is 29.2 Å². The molecule has 1 aromatic carbocycles. The van der Waals surface area contributed by atoms with Gasteiger partial charge >= 0.3 is 6.09 Å². The van der Waals surface area contributed by atoms with E-state index in [-0.39, 0.29) is 35.7 Å². The zero-order chi connectivity index (χ0) is 20.3. The van der Waals surface area contributed by atoms with Crippen LogP contribution in [-0.2, 0) is 21.1 Å². The third-order valence-corrected chi connectivity index (χ3v) is 6.58. The highest BCUT2D eigenvalue weighted by atomic mass is 35.5. The number of amides is 2. The average Bonchev–Trinajstić information content (AvgIpc) is 3.14. The summed E-state index contributed by atoms with van der Waals surface area (Å²) in [6, 6.07) is 6.20. The van der Waals surface area contributed by atoms with Gasteiger partial charge in [0.25, 0.3) is 0 Å². The minimum Gasteiger partial charge on any atom is -0.465 e. The standard InChI is InChI=1S/C19H27N3O5S.ClH/c1-28(26,27)17-6-4-15(5-7-17)12-18(23)22-11-10-21(19(24)25)14-16(22)13-20-8-2-3-9-20;/h4-7,16H,2-3,8-14H2,1H3,(H,24,25);1H. The maximum Gasteiger partial charge on any atom is 0.407 e. The van der Waals surface area contributed by atoms with Gasteiger partial charge in [-0.1, -0.05) is 12.1 Å². The molecule has 2 aliphatic heterocycles. The van der Waals surface area contributed by atoms with Crippen molar-refractivity contribution in [1.29, 1.82) is 0 Å². The molecule has 0 radical (unpaired) electrons. The lowest BCUT2D eigenvalue weighted by atomic mass is 10.1. The number of likely N-dealkylation sites (tertiary alicyclic amines) is 1. The molecule has 0 bridgehead atoms. The van der Waals surface area contributed by atoms with E-state index >= 15 is 0 Å². The van der Waals surface area contributed by atoms with Gasteiger partial charge in [-0.25, -0.2) is 13.2 Å². The molecule has 1 N–H and O–H groups in total. The molecule has 2 heterocycles. The number of nitrogens with zero attached hydrogens (tertiary/aromatic N) is 3. The number of carbonyl (C=O) groups is 2. The van der Waals surface area contributed by atoms with Crippen molar-refractivity contribution < 1.29 is 23.1 Å². The number of hydrogen-bond acceptors (Lipinski definition) is 5. The van der Waals surface area contributed by atoms with E-state index in [2.05, 4.69) is 4.90 Å². The number of carbonyl (C=O) groups excluding carboxylic acids is 1. The van der Waals surface area contributed by atoms with Gasteiger partial charge in [0, 0.05) is 32.4 Å². The molecule has 8 nitrogen and oxygen atoms in total. The monoisotopic (exact) mass is 445 g/mol. The van der Waals surface area contributed by atoms with E-state index < -0.39 is 15.9 Å². The molecule has 0 saturated carbocycles. The first-order valence-electron chi connectivity index (χ1n) is 9.53. The molecule has 0 aliphatic carbocycles. The Morgan fingerprint density at radius 1 is 1.07 bits per heavy atom. The normalized spacial score (nSPS) is 20.4. The van der Waals surface area contributed by atoms with Crippen LogP contribution in [0.4, 0.5) is 4.79 Å². The molecule has 0 spiro atoms. The lowest BCUT2D eigenvalue weighted by Crippen LogP contribution is -2.59. The number of sulfone groups is 1. The van der Waals surface area contributed by atoms with Gasteiger partial charge in [0.2, 0.25) is 5.91 Å². The number of rotatable bonds is 5. The molecule has 29 heavy (non-hydrogen) atoms. The summed E-state index contributed by atoms with van der Waals surface area (Å²) in [7, 11) is -3.27. The Hall–Kier alpha value is -1.84. The van der Waals surface area contributed by atoms with E-state index in [1.54, 1.807) is 17.0 Å². The van der Waals surface area contributed by atoms with Crippen molar-refractivity contribution in [2.45, 2.75) is 30.2 Å². The molecule has 0 aromatic heterocycles. The van der Waals surface area contributed by atoms with E-state index in [1.807, 2.05) is 0 Å². The fraction of sp³-hybridized carbons (Fsp3) is 0.579. The number of benzene rings is 1. The summed E-state index contributed by atoms with van der Waals surface area (Å²) in [5, 5.41) is 9.33. The van der Waals surface area contributed by atoms with Crippen molar-refractivity contribution in [2.24, 2.45) is 0 Å². The Kier molecular flexibility index (Phi) is 7.90. The summed E-state index contributed by atoms with van der Waals surface area (Å²) < 4.78 is 23.1. The molecule has 2 aliphatic rings. The molecule has 162 valence electrons. The Balaban J connectivity index is 0.00000300. The van der Waals surface area contributed by atoms with Gasteiger partial charge in [0.1, 0.15) is 0 Å². The third kappa shape index (κ3) is 6.07. The molecular weight excluding hydrogens is 418 g/mol. The van der Waals surface area contributed by atoms with Crippen molar-refractivity contribution >= 4 is 34.2 Å². The van der Waals surface area contributed by atoms with E-state index in [1.165, 1.54) is 17.0 Å². The summed E-state index contributed by atoms with van der Waals surface area (Å²) in [5.41, 5.74) is 0.748. The van der Waals surface area contributed by atoms with Gasteiger partial charge in [0.05, 0.1) is 17.4 Å². The van der Waals surface area contributed by atoms with Crippen LogP contribution in [0.3, 0.4) is 0 Å². The lowest BCUT2D eigenvalue weighted by Gasteiger charge is -2.42. The van der Waals surface area contributed by atoms with Crippen LogP contribution in [0.2, 0.25) is 0 Å². The fourth-order valence-electron chi connectivity index (χ4n) is 3.91. The second-order valence-electron chi connectivity index (χ2n) is 7.57. The number of piperazine rings is 1. The second-order valence-corrected chi connectivity index (χ2v) is 9.59. The molecular formula is C19H28ClN3O5S. The zero-order valence-electron chi connectivity index (χ0n) is 16.5. The molecule has 3 rings (SSSR count). The highest BCUT2D eigenvalue weighted by Gasteiger charge is 2.33. The SMILES string of the molecule is CS(=O)(=O)c1ccc(CC(=O)N2CCN(C(=O)O)CC2CN2CCCC2)cc1.Cl. The molecule has 1 atom stereocenters. The van der Waals surface area contributed by atoms with E-state index in [9.17, 15) is 23.1 Å². The molecule has 2 fully saturated rings. The van der Waals surface area contributed by atoms with Crippen LogP contribution in [0, 0.1) is 0 Å². The highest BCUT2D eigenvalue weighted by molar-refractivity contribution is 7.90. The Morgan fingerprint density at radius 3 is 2.24 bits per heavy atom. The van der Waals surface area contributed by atoms with Gasteiger partial charge in [-0.05, 0) is 43.6 Å². The Labute approximate surface area is 177 Å². The zero-order valence-corrected chi connectivity index (χ0v) is 18.1. The molecule has 2 amide bonds. The van der Waals surface area contributed by atoms with E-state index in [0.717, 1.165) is 37.8 Å². The average molecular weight is 446 g/mol. The summed E-state index contributed by atoms with van der Waals surface area (Å²) >= 11 is 0. The summed E-state index contributed by atoms with van der Waals surface area (Å²) in [4.78, 5) is 30.0. The van der Waals surface area contributed by atoms with Gasteiger partial charge in [-0.3, -0.25) is 4.79 Å². The number of hydrogen-bond donors (Lipinski definition) is 1. The molecule has 10 heteroatoms. The van der Waals surface area contributed by atoms with Crippen molar-refractivity contribution in [3.8, 4) is 0 Å². The van der Waals surface area contributed by atoms with E-state index in [0.29, 0.717) is 26.2 Å². The van der Waals surface area contributed by atoms with E-state index in [4.69, 9.17) is 0 Å². The minimum atomic E-state index is -3.27. The second kappa shape index (κ2) is 9.77. The van der Waals surface area contributed by atoms with Crippen LogP contribution >= 0.6 is 12.4 Å². The molecule has 1 unspecified atom stereocenters. The number of carboxylic acid groups (broad SMARTS) is 1. The van der Waals surface area contributed by atoms with Crippen LogP contribution in [0.25, 0.3) is 0 Å². The first-order chi connectivity index (χ1) is 13.2. The molecule has 2 saturated heterocycles. The smallest absolute Gasteiger partial charge is 0.407 e. The van der Waals surface area contributed by atoms with Gasteiger partial charge in [-0.15, -0.1) is 12.4 Å². The first-order valence-corrected chi connectivity index (χ1v) is 11.4. The van der Waals surface area contributed by atoms with Crippen LogP contribution in [-0.4, -0.2) is 91.8 Å². The van der Waals surface area contributed by atoms with Crippen LogP contribution in [0.1, 0.15) is 18.4 Å². The van der Waals surface area contributed by atoms with Crippen LogP contribution < -0.4 is 0 Å².